The summed E-state index contributed by atoms with van der Waals surface area (Å²) in [5.74, 6) is -0.0685. The monoisotopic (exact) mass is 492 g/mol. The average Bonchev–Trinajstić information content (AvgIpc) is 3.31. The number of amides is 1. The van der Waals surface area contributed by atoms with E-state index in [-0.39, 0.29) is 18.0 Å². The van der Waals surface area contributed by atoms with E-state index in [1.165, 1.54) is 9.56 Å². The molecule has 4 aromatic rings. The lowest BCUT2D eigenvalue weighted by Crippen LogP contribution is -2.49. The van der Waals surface area contributed by atoms with Gasteiger partial charge in [-0.05, 0) is 31.2 Å². The normalized spacial score (nSPS) is 14.6. The first-order chi connectivity index (χ1) is 16.5. The maximum Gasteiger partial charge on any atom is 0.275 e. The van der Waals surface area contributed by atoms with Crippen molar-refractivity contribution in [3.8, 4) is 10.4 Å². The first kappa shape index (κ1) is 22.8. The number of hydrogen-bond acceptors (Lipinski definition) is 5. The molecule has 2 aromatic carbocycles. The van der Waals surface area contributed by atoms with Crippen LogP contribution in [0.15, 0.2) is 65.5 Å². The van der Waals surface area contributed by atoms with E-state index >= 15 is 0 Å². The average molecular weight is 493 g/mol. The molecule has 3 heterocycles. The van der Waals surface area contributed by atoms with Crippen LogP contribution in [-0.2, 0) is 17.9 Å². The molecule has 2 aromatic heterocycles. The zero-order chi connectivity index (χ0) is 23.7. The third kappa shape index (κ3) is 4.64. The number of piperazine rings is 1. The van der Waals surface area contributed by atoms with E-state index in [9.17, 15) is 9.59 Å². The van der Waals surface area contributed by atoms with Crippen molar-refractivity contribution in [2.75, 3.05) is 26.2 Å². The quantitative estimate of drug-likeness (QED) is 0.413. The van der Waals surface area contributed by atoms with Crippen molar-refractivity contribution in [1.29, 1.82) is 0 Å². The third-order valence-corrected chi connectivity index (χ3v) is 7.68. The van der Waals surface area contributed by atoms with Crippen molar-refractivity contribution in [1.82, 2.24) is 19.6 Å². The molecule has 1 saturated heterocycles. The summed E-state index contributed by atoms with van der Waals surface area (Å²) in [4.78, 5) is 32.3. The topological polar surface area (TPSA) is 58.4 Å². The predicted molar refractivity (Wildman–Crippen MR) is 137 cm³/mol. The van der Waals surface area contributed by atoms with Gasteiger partial charge in [0.2, 0.25) is 5.91 Å². The molecular formula is C26H25ClN4O2S. The van der Waals surface area contributed by atoms with E-state index in [0.29, 0.717) is 18.5 Å². The van der Waals surface area contributed by atoms with Crippen LogP contribution in [0.4, 0.5) is 0 Å². The lowest BCUT2D eigenvalue weighted by atomic mass is 10.1. The fraction of sp³-hybridized carbons (Fsp3) is 0.269. The number of thiophene rings is 1. The highest BCUT2D eigenvalue weighted by atomic mass is 35.5. The van der Waals surface area contributed by atoms with Crippen LogP contribution in [0.3, 0.4) is 0 Å². The van der Waals surface area contributed by atoms with E-state index in [0.717, 1.165) is 46.2 Å². The fourth-order valence-corrected chi connectivity index (χ4v) is 5.77. The van der Waals surface area contributed by atoms with Crippen molar-refractivity contribution >= 4 is 39.6 Å². The first-order valence-electron chi connectivity index (χ1n) is 11.3. The van der Waals surface area contributed by atoms with Crippen LogP contribution >= 0.6 is 22.9 Å². The molecule has 34 heavy (non-hydrogen) atoms. The third-order valence-electron chi connectivity index (χ3n) is 6.24. The summed E-state index contributed by atoms with van der Waals surface area (Å²) < 4.78 is 1.30. The van der Waals surface area contributed by atoms with Crippen molar-refractivity contribution in [3.05, 3.63) is 86.6 Å². The maximum absolute atomic E-state index is 12.9. The Bertz CT molecular complexity index is 1410. The van der Waals surface area contributed by atoms with E-state index in [1.807, 2.05) is 54.3 Å². The maximum atomic E-state index is 12.9. The number of halogens is 1. The number of aryl methyl sites for hydroxylation is 1. The van der Waals surface area contributed by atoms with E-state index < -0.39 is 0 Å². The van der Waals surface area contributed by atoms with Gasteiger partial charge in [-0.1, -0.05) is 48.0 Å². The summed E-state index contributed by atoms with van der Waals surface area (Å²) in [6, 6.07) is 19.6. The van der Waals surface area contributed by atoms with Gasteiger partial charge < -0.3 is 4.90 Å². The Kier molecular flexibility index (Phi) is 6.50. The van der Waals surface area contributed by atoms with Crippen LogP contribution in [0.1, 0.15) is 10.6 Å². The van der Waals surface area contributed by atoms with Crippen LogP contribution < -0.4 is 5.56 Å². The molecule has 0 aliphatic carbocycles. The molecule has 1 aliphatic heterocycles. The molecule has 0 unspecified atom stereocenters. The lowest BCUT2D eigenvalue weighted by molar-refractivity contribution is -0.133. The molecule has 0 saturated carbocycles. The van der Waals surface area contributed by atoms with Gasteiger partial charge in [0.1, 0.15) is 6.54 Å². The fourth-order valence-electron chi connectivity index (χ4n) is 4.38. The molecule has 1 aliphatic rings. The van der Waals surface area contributed by atoms with Gasteiger partial charge in [-0.15, -0.1) is 11.3 Å². The highest BCUT2D eigenvalue weighted by Gasteiger charge is 2.23. The second-order valence-corrected chi connectivity index (χ2v) is 10.1. The van der Waals surface area contributed by atoms with E-state index in [2.05, 4.69) is 22.1 Å². The van der Waals surface area contributed by atoms with Gasteiger partial charge in [0.15, 0.2) is 0 Å². The Balaban J connectivity index is 1.20. The molecule has 0 bridgehead atoms. The van der Waals surface area contributed by atoms with Crippen molar-refractivity contribution < 1.29 is 4.79 Å². The summed E-state index contributed by atoms with van der Waals surface area (Å²) in [5.41, 5.74) is 1.59. The Morgan fingerprint density at radius 1 is 0.971 bits per heavy atom. The second kappa shape index (κ2) is 9.70. The standard InChI is InChI=1S/C26H25ClN4O2S/c1-18-20-6-2-3-7-21(20)26(33)31(28-18)17-25(32)30-14-12-29(13-15-30)16-19-10-11-24(34-19)22-8-4-5-9-23(22)27/h2-11H,12-17H2,1H3. The second-order valence-electron chi connectivity index (χ2n) is 8.50. The van der Waals surface area contributed by atoms with Gasteiger partial charge in [-0.25, -0.2) is 4.68 Å². The summed E-state index contributed by atoms with van der Waals surface area (Å²) in [5, 5.41) is 6.57. The highest BCUT2D eigenvalue weighted by molar-refractivity contribution is 7.15. The Morgan fingerprint density at radius 3 is 2.44 bits per heavy atom. The number of aromatic nitrogens is 2. The largest absolute Gasteiger partial charge is 0.339 e. The number of hydrogen-bond donors (Lipinski definition) is 0. The summed E-state index contributed by atoms with van der Waals surface area (Å²) in [6.45, 7) is 5.56. The smallest absolute Gasteiger partial charge is 0.275 e. The van der Waals surface area contributed by atoms with Gasteiger partial charge in [0.25, 0.3) is 5.56 Å². The number of fused-ring (bicyclic) bond motifs is 1. The zero-order valence-electron chi connectivity index (χ0n) is 18.9. The van der Waals surface area contributed by atoms with Crippen molar-refractivity contribution in [2.24, 2.45) is 0 Å². The summed E-state index contributed by atoms with van der Waals surface area (Å²) in [7, 11) is 0. The summed E-state index contributed by atoms with van der Waals surface area (Å²) in [6.07, 6.45) is 0. The number of carbonyl (C=O) groups is 1. The van der Waals surface area contributed by atoms with Crippen LogP contribution in [0.25, 0.3) is 21.2 Å². The molecule has 0 radical (unpaired) electrons. The molecule has 1 fully saturated rings. The number of nitrogens with zero attached hydrogens (tertiary/aromatic N) is 4. The van der Waals surface area contributed by atoms with Crippen molar-refractivity contribution in [2.45, 2.75) is 20.0 Å². The molecule has 174 valence electrons. The predicted octanol–water partition coefficient (Wildman–Crippen LogP) is 4.43. The minimum absolute atomic E-state index is 0.0311. The van der Waals surface area contributed by atoms with Gasteiger partial charge in [-0.3, -0.25) is 14.5 Å². The summed E-state index contributed by atoms with van der Waals surface area (Å²) >= 11 is 8.10. The van der Waals surface area contributed by atoms with Gasteiger partial charge in [-0.2, -0.15) is 5.10 Å². The Hall–Kier alpha value is -3.00. The Labute approximate surface area is 207 Å². The SMILES string of the molecule is Cc1nn(CC(=O)N2CCN(Cc3ccc(-c4ccccc4Cl)s3)CC2)c(=O)c2ccccc12. The number of carbonyl (C=O) groups excluding carboxylic acids is 1. The molecule has 0 spiro atoms. The lowest BCUT2D eigenvalue weighted by Gasteiger charge is -2.34. The molecule has 8 heteroatoms. The van der Waals surface area contributed by atoms with Gasteiger partial charge in [0.05, 0.1) is 11.1 Å². The molecular weight excluding hydrogens is 468 g/mol. The van der Waals surface area contributed by atoms with Crippen LogP contribution in [-0.4, -0.2) is 51.7 Å². The van der Waals surface area contributed by atoms with Gasteiger partial charge >= 0.3 is 0 Å². The minimum Gasteiger partial charge on any atom is -0.339 e. The highest BCUT2D eigenvalue weighted by Crippen LogP contribution is 2.33. The van der Waals surface area contributed by atoms with E-state index in [4.69, 9.17) is 11.6 Å². The van der Waals surface area contributed by atoms with Gasteiger partial charge in [0, 0.05) is 58.5 Å². The molecule has 0 atom stereocenters. The van der Waals surface area contributed by atoms with E-state index in [1.54, 1.807) is 17.4 Å². The van der Waals surface area contributed by atoms with Crippen LogP contribution in [0.2, 0.25) is 5.02 Å². The Morgan fingerprint density at radius 2 is 1.68 bits per heavy atom. The minimum atomic E-state index is -0.222. The van der Waals surface area contributed by atoms with Crippen LogP contribution in [0.5, 0.6) is 0 Å². The molecule has 5 rings (SSSR count). The number of benzene rings is 2. The van der Waals surface area contributed by atoms with Crippen molar-refractivity contribution in [3.63, 3.8) is 0 Å². The molecule has 6 nitrogen and oxygen atoms in total. The first-order valence-corrected chi connectivity index (χ1v) is 12.5. The number of rotatable bonds is 5. The molecule has 0 N–H and O–H groups in total. The van der Waals surface area contributed by atoms with Crippen LogP contribution in [0, 0.1) is 6.92 Å². The molecule has 1 amide bonds. The zero-order valence-corrected chi connectivity index (χ0v) is 20.5.